The number of nitrogens with zero attached hydrogens (tertiary/aromatic N) is 1. The maximum atomic E-state index is 12.9. The number of aliphatic imine (C=N–C) groups is 1. The summed E-state index contributed by atoms with van der Waals surface area (Å²) < 4.78 is 72.6. The average Bonchev–Trinajstić information content (AvgIpc) is 3.18. The van der Waals surface area contributed by atoms with E-state index in [9.17, 15) is 26.4 Å². The number of alkyl halides is 3. The highest BCUT2D eigenvalue weighted by molar-refractivity contribution is 7.98. The number of nitrogens with two attached hydrogens (primary N) is 1. The summed E-state index contributed by atoms with van der Waals surface area (Å²) >= 11 is 1.24. The molecule has 1 aromatic heterocycles. The Morgan fingerprint density at radius 3 is 2.61 bits per heavy atom. The standard InChI is InChI=1S/C19H19F3N2O5S2/c1-30-11-28-18(25)10-24-14(9-17(23)19(20,21)22)16-7-6-15(29-16)12-4-3-5-13(8-12)31(2,26)27/h3-9H,10-11,23H2,1-2H3. The molecule has 168 valence electrons. The van der Waals surface area contributed by atoms with Crippen molar-refractivity contribution in [1.29, 1.82) is 0 Å². The Bertz CT molecular complexity index is 1110. The molecule has 0 aliphatic heterocycles. The summed E-state index contributed by atoms with van der Waals surface area (Å²) in [6.45, 7) is -0.545. The normalized spacial score (nSPS) is 13.3. The molecule has 12 heteroatoms. The SMILES string of the molecule is CSCOC(=O)CN=C(C=C(N)C(F)(F)F)c1ccc(-c2cccc(S(C)(=O)=O)c2)o1. The predicted octanol–water partition coefficient (Wildman–Crippen LogP) is 3.41. The largest absolute Gasteiger partial charge is 0.454 e. The zero-order valence-electron chi connectivity index (χ0n) is 16.5. The highest BCUT2D eigenvalue weighted by atomic mass is 32.2. The van der Waals surface area contributed by atoms with Crippen LogP contribution in [0.1, 0.15) is 5.76 Å². The molecule has 0 saturated heterocycles. The second-order valence-corrected chi connectivity index (χ2v) is 9.01. The quantitative estimate of drug-likeness (QED) is 0.353. The molecular weight excluding hydrogens is 457 g/mol. The molecule has 0 atom stereocenters. The number of esters is 1. The van der Waals surface area contributed by atoms with Gasteiger partial charge in [0.15, 0.2) is 15.6 Å². The van der Waals surface area contributed by atoms with E-state index in [0.717, 1.165) is 6.26 Å². The van der Waals surface area contributed by atoms with Gasteiger partial charge in [-0.15, -0.1) is 11.8 Å². The maximum Gasteiger partial charge on any atom is 0.430 e. The van der Waals surface area contributed by atoms with E-state index >= 15 is 0 Å². The average molecular weight is 476 g/mol. The Balaban J connectivity index is 2.42. The lowest BCUT2D eigenvalue weighted by molar-refractivity contribution is -0.139. The van der Waals surface area contributed by atoms with Crippen LogP contribution in [0.15, 0.2) is 62.5 Å². The Morgan fingerprint density at radius 2 is 2.00 bits per heavy atom. The smallest absolute Gasteiger partial charge is 0.430 e. The van der Waals surface area contributed by atoms with Crippen LogP contribution in [0.4, 0.5) is 13.2 Å². The highest BCUT2D eigenvalue weighted by Crippen LogP contribution is 2.27. The third-order valence-corrected chi connectivity index (χ3v) is 5.20. The first-order chi connectivity index (χ1) is 14.4. The summed E-state index contributed by atoms with van der Waals surface area (Å²) in [7, 11) is -3.47. The zero-order chi connectivity index (χ0) is 23.2. The fourth-order valence-corrected chi connectivity index (χ4v) is 3.17. The van der Waals surface area contributed by atoms with Crippen LogP contribution in [0, 0.1) is 0 Å². The molecule has 2 rings (SSSR count). The number of carbonyl (C=O) groups excluding carboxylic acids is 1. The number of hydrogen-bond acceptors (Lipinski definition) is 8. The number of allylic oxidation sites excluding steroid dienone is 2. The van der Waals surface area contributed by atoms with Gasteiger partial charge >= 0.3 is 12.1 Å². The molecule has 1 aromatic carbocycles. The molecule has 0 aliphatic rings. The van der Waals surface area contributed by atoms with Crippen LogP contribution >= 0.6 is 11.8 Å². The van der Waals surface area contributed by atoms with Crippen molar-refractivity contribution in [1.82, 2.24) is 0 Å². The van der Waals surface area contributed by atoms with Crippen molar-refractivity contribution < 1.29 is 35.5 Å². The van der Waals surface area contributed by atoms with Gasteiger partial charge in [-0.25, -0.2) is 8.42 Å². The van der Waals surface area contributed by atoms with Gasteiger partial charge in [0.05, 0.1) is 4.90 Å². The summed E-state index contributed by atoms with van der Waals surface area (Å²) in [6, 6.07) is 8.64. The van der Waals surface area contributed by atoms with E-state index < -0.39 is 34.2 Å². The third-order valence-electron chi connectivity index (χ3n) is 3.74. The van der Waals surface area contributed by atoms with Crippen LogP contribution in [-0.4, -0.2) is 51.3 Å². The van der Waals surface area contributed by atoms with Crippen LogP contribution in [0.5, 0.6) is 0 Å². The Morgan fingerprint density at radius 1 is 1.29 bits per heavy atom. The minimum absolute atomic E-state index is 0.0505. The second-order valence-electron chi connectivity index (χ2n) is 6.19. The summed E-state index contributed by atoms with van der Waals surface area (Å²) in [6.07, 6.45) is -1.50. The van der Waals surface area contributed by atoms with Crippen molar-refractivity contribution in [2.45, 2.75) is 11.1 Å². The molecule has 1 heterocycles. The van der Waals surface area contributed by atoms with Gasteiger partial charge in [0.1, 0.15) is 29.7 Å². The summed E-state index contributed by atoms with van der Waals surface area (Å²) in [5.41, 5.74) is 3.73. The summed E-state index contributed by atoms with van der Waals surface area (Å²) in [5.74, 6) is -0.563. The first-order valence-electron chi connectivity index (χ1n) is 8.56. The zero-order valence-corrected chi connectivity index (χ0v) is 18.1. The number of halogens is 3. The van der Waals surface area contributed by atoms with E-state index in [2.05, 4.69) is 4.99 Å². The third kappa shape index (κ3) is 7.17. The Hall–Kier alpha value is -2.73. The molecule has 2 aromatic rings. The van der Waals surface area contributed by atoms with E-state index in [1.165, 1.54) is 42.1 Å². The molecular formula is C19H19F3N2O5S2. The number of hydrogen-bond donors (Lipinski definition) is 1. The van der Waals surface area contributed by atoms with Crippen molar-refractivity contribution in [3.05, 3.63) is 53.9 Å². The number of thioether (sulfide) groups is 1. The van der Waals surface area contributed by atoms with Crippen LogP contribution in [-0.2, 0) is 19.4 Å². The van der Waals surface area contributed by atoms with Gasteiger partial charge in [-0.1, -0.05) is 12.1 Å². The van der Waals surface area contributed by atoms with Gasteiger partial charge < -0.3 is 14.9 Å². The molecule has 7 nitrogen and oxygen atoms in total. The van der Waals surface area contributed by atoms with Gasteiger partial charge in [0.25, 0.3) is 0 Å². The number of carbonyl (C=O) groups is 1. The van der Waals surface area contributed by atoms with Crippen molar-refractivity contribution in [2.75, 3.05) is 25.0 Å². The van der Waals surface area contributed by atoms with Gasteiger partial charge in [-0.05, 0) is 36.6 Å². The fraction of sp³-hybridized carbons (Fsp3) is 0.263. The lowest BCUT2D eigenvalue weighted by Gasteiger charge is -2.07. The minimum atomic E-state index is -4.81. The van der Waals surface area contributed by atoms with Gasteiger partial charge in [0, 0.05) is 11.8 Å². The fourth-order valence-electron chi connectivity index (χ4n) is 2.25. The van der Waals surface area contributed by atoms with Gasteiger partial charge in [-0.3, -0.25) is 9.79 Å². The van der Waals surface area contributed by atoms with Gasteiger partial charge in [-0.2, -0.15) is 13.2 Å². The lowest BCUT2D eigenvalue weighted by atomic mass is 10.2. The molecule has 0 spiro atoms. The first kappa shape index (κ1) is 24.5. The second kappa shape index (κ2) is 10.1. The number of furan rings is 1. The number of sulfone groups is 1. The molecule has 0 aliphatic carbocycles. The highest BCUT2D eigenvalue weighted by Gasteiger charge is 2.32. The van der Waals surface area contributed by atoms with Crippen LogP contribution in [0.2, 0.25) is 0 Å². The first-order valence-corrected chi connectivity index (χ1v) is 11.8. The summed E-state index contributed by atoms with van der Waals surface area (Å²) in [5, 5.41) is 0. The van der Waals surface area contributed by atoms with E-state index in [0.29, 0.717) is 11.6 Å². The van der Waals surface area contributed by atoms with Crippen molar-refractivity contribution >= 4 is 33.3 Å². The van der Waals surface area contributed by atoms with Crippen LogP contribution in [0.3, 0.4) is 0 Å². The van der Waals surface area contributed by atoms with E-state index in [-0.39, 0.29) is 28.1 Å². The molecule has 0 amide bonds. The summed E-state index contributed by atoms with van der Waals surface area (Å²) in [4.78, 5) is 15.6. The molecule has 0 radical (unpaired) electrons. The number of rotatable bonds is 8. The van der Waals surface area contributed by atoms with Crippen LogP contribution < -0.4 is 5.73 Å². The Labute approximate surface area is 181 Å². The molecule has 0 unspecified atom stereocenters. The van der Waals surface area contributed by atoms with E-state index in [4.69, 9.17) is 14.9 Å². The lowest BCUT2D eigenvalue weighted by Crippen LogP contribution is -2.21. The molecule has 0 bridgehead atoms. The van der Waals surface area contributed by atoms with Crippen molar-refractivity contribution in [3.63, 3.8) is 0 Å². The minimum Gasteiger partial charge on any atom is -0.454 e. The number of ether oxygens (including phenoxy) is 1. The molecule has 0 saturated carbocycles. The molecule has 0 fully saturated rings. The van der Waals surface area contributed by atoms with Crippen molar-refractivity contribution in [3.8, 4) is 11.3 Å². The van der Waals surface area contributed by atoms with Gasteiger partial charge in [0.2, 0.25) is 0 Å². The van der Waals surface area contributed by atoms with Crippen molar-refractivity contribution in [2.24, 2.45) is 10.7 Å². The van der Waals surface area contributed by atoms with E-state index in [1.807, 2.05) is 0 Å². The maximum absolute atomic E-state index is 12.9. The van der Waals surface area contributed by atoms with Crippen LogP contribution in [0.25, 0.3) is 11.3 Å². The molecule has 31 heavy (non-hydrogen) atoms. The molecule has 2 N–H and O–H groups in total. The Kier molecular flexibility index (Phi) is 7.96. The number of benzene rings is 1. The topological polar surface area (TPSA) is 112 Å². The monoisotopic (exact) mass is 476 g/mol. The van der Waals surface area contributed by atoms with E-state index in [1.54, 1.807) is 12.3 Å². The predicted molar refractivity (Wildman–Crippen MR) is 111 cm³/mol.